The molecule has 0 bridgehead atoms. The zero-order valence-corrected chi connectivity index (χ0v) is 23.1. The molecule has 2 amide bonds. The number of hydrogen-bond acceptors (Lipinski definition) is 7. The van der Waals surface area contributed by atoms with Crippen molar-refractivity contribution >= 4 is 22.7 Å². The lowest BCUT2D eigenvalue weighted by Gasteiger charge is -2.31. The summed E-state index contributed by atoms with van der Waals surface area (Å²) in [7, 11) is 2.84. The number of nitrogens with zero attached hydrogens (tertiary/aromatic N) is 1. The number of rotatable bonds is 8. The number of benzene rings is 2. The molecule has 2 atom stereocenters. The van der Waals surface area contributed by atoms with Gasteiger partial charge >= 0.3 is 6.18 Å². The smallest absolute Gasteiger partial charge is 0.424 e. The summed E-state index contributed by atoms with van der Waals surface area (Å²) in [5, 5.41) is 13.8. The first-order valence-corrected chi connectivity index (χ1v) is 12.8. The first-order chi connectivity index (χ1) is 20.2. The predicted molar refractivity (Wildman–Crippen MR) is 145 cm³/mol. The highest BCUT2D eigenvalue weighted by atomic mass is 19.4. The van der Waals surface area contributed by atoms with Gasteiger partial charge in [0.25, 0.3) is 5.91 Å². The van der Waals surface area contributed by atoms with Gasteiger partial charge in [-0.1, -0.05) is 0 Å². The Morgan fingerprint density at radius 3 is 2.44 bits per heavy atom. The van der Waals surface area contributed by atoms with E-state index in [9.17, 15) is 32.3 Å². The number of amides is 2. The van der Waals surface area contributed by atoms with Gasteiger partial charge in [-0.25, -0.2) is 9.37 Å². The van der Waals surface area contributed by atoms with Crippen LogP contribution in [0.3, 0.4) is 0 Å². The van der Waals surface area contributed by atoms with Crippen molar-refractivity contribution in [3.63, 3.8) is 0 Å². The monoisotopic (exact) mass is 602 g/mol. The highest BCUT2D eigenvalue weighted by Gasteiger charge is 2.57. The van der Waals surface area contributed by atoms with Gasteiger partial charge in [-0.15, -0.1) is 0 Å². The molecule has 0 saturated carbocycles. The second-order valence-electron chi connectivity index (χ2n) is 10.2. The number of ether oxygens (including phenoxy) is 3. The largest absolute Gasteiger partial charge is 0.497 e. The number of nitrogens with one attached hydrogen (secondary N) is 2. The molecule has 1 aliphatic heterocycles. The average Bonchev–Trinajstić information content (AvgIpc) is 3.56. The minimum atomic E-state index is -5.36. The van der Waals surface area contributed by atoms with E-state index in [1.165, 1.54) is 39.3 Å². The van der Waals surface area contributed by atoms with Gasteiger partial charge in [0.1, 0.15) is 46.5 Å². The van der Waals surface area contributed by atoms with Crippen LogP contribution >= 0.6 is 0 Å². The first kappa shape index (κ1) is 29.6. The fraction of sp³-hybridized carbons (Fsp3) is 0.276. The molecule has 0 aliphatic carbocycles. The summed E-state index contributed by atoms with van der Waals surface area (Å²) in [6.45, 7) is -0.270. The summed E-state index contributed by atoms with van der Waals surface area (Å²) < 4.78 is 73.7. The van der Waals surface area contributed by atoms with Crippen molar-refractivity contribution in [3.05, 3.63) is 71.3 Å². The number of aromatic amines is 1. The zero-order valence-electron chi connectivity index (χ0n) is 23.1. The molecule has 2 aromatic heterocycles. The van der Waals surface area contributed by atoms with Crippen molar-refractivity contribution < 1.29 is 46.5 Å². The molecule has 0 spiro atoms. The number of carbonyl (C=O) groups is 2. The minimum Gasteiger partial charge on any atom is -0.497 e. The molecule has 5 N–H and O–H groups in total. The Morgan fingerprint density at radius 1 is 1.14 bits per heavy atom. The van der Waals surface area contributed by atoms with E-state index in [1.807, 2.05) is 0 Å². The molecule has 3 heterocycles. The van der Waals surface area contributed by atoms with E-state index in [2.05, 4.69) is 15.3 Å². The van der Waals surface area contributed by atoms with Crippen LogP contribution in [0.5, 0.6) is 17.2 Å². The van der Waals surface area contributed by atoms with Gasteiger partial charge < -0.3 is 35.4 Å². The Bertz CT molecular complexity index is 1740. The summed E-state index contributed by atoms with van der Waals surface area (Å²) in [6, 6.07) is 10.1. The van der Waals surface area contributed by atoms with Crippen molar-refractivity contribution in [1.82, 2.24) is 15.3 Å². The van der Waals surface area contributed by atoms with Crippen LogP contribution in [-0.4, -0.2) is 60.4 Å². The normalized spacial score (nSPS) is 17.6. The maximum absolute atomic E-state index is 14.6. The lowest BCUT2D eigenvalue weighted by Crippen LogP contribution is -2.52. The van der Waals surface area contributed by atoms with Crippen LogP contribution in [0, 0.1) is 5.82 Å². The number of alkyl halides is 3. The number of primary amides is 1. The van der Waals surface area contributed by atoms with E-state index in [4.69, 9.17) is 19.9 Å². The highest BCUT2D eigenvalue weighted by molar-refractivity contribution is 6.00. The van der Waals surface area contributed by atoms with E-state index < -0.39 is 47.1 Å². The van der Waals surface area contributed by atoms with E-state index in [0.717, 1.165) is 18.2 Å². The van der Waals surface area contributed by atoms with Crippen molar-refractivity contribution in [3.8, 4) is 28.5 Å². The number of H-pyrrole nitrogens is 1. The molecule has 0 fully saturated rings. The summed E-state index contributed by atoms with van der Waals surface area (Å²) >= 11 is 0. The van der Waals surface area contributed by atoms with Crippen LogP contribution in [0.4, 0.5) is 17.6 Å². The van der Waals surface area contributed by atoms with Gasteiger partial charge in [0.05, 0.1) is 32.0 Å². The van der Waals surface area contributed by atoms with Crippen molar-refractivity contribution in [2.24, 2.45) is 5.73 Å². The van der Waals surface area contributed by atoms with Crippen molar-refractivity contribution in [2.75, 3.05) is 27.4 Å². The molecule has 10 nitrogen and oxygen atoms in total. The van der Waals surface area contributed by atoms with Crippen LogP contribution in [0.2, 0.25) is 0 Å². The molecule has 1 aliphatic rings. The maximum atomic E-state index is 14.6. The summed E-state index contributed by atoms with van der Waals surface area (Å²) in [4.78, 5) is 32.3. The Balaban J connectivity index is 1.57. The Kier molecular flexibility index (Phi) is 7.20. The molecule has 2 aromatic carbocycles. The molecular formula is C29H26F4N4O6. The number of aromatic nitrogens is 2. The van der Waals surface area contributed by atoms with Crippen LogP contribution in [0.15, 0.2) is 48.5 Å². The third-order valence-corrected chi connectivity index (χ3v) is 7.51. The highest BCUT2D eigenvalue weighted by Crippen LogP contribution is 2.47. The number of hydrogen-bond donors (Lipinski definition) is 4. The minimum absolute atomic E-state index is 0.0346. The number of pyridine rings is 1. The third-order valence-electron chi connectivity index (χ3n) is 7.51. The SMILES string of the molecule is COc1cc(OC)c2cc(C(=O)NC[C@](O)(c3cc4c(c(-c5ccc(F)cc5)n3)OC[C@]4(C)C(N)=O)C(F)(F)F)[nH]c2c1. The van der Waals surface area contributed by atoms with Crippen molar-refractivity contribution in [1.29, 1.82) is 0 Å². The van der Waals surface area contributed by atoms with E-state index in [0.29, 0.717) is 22.4 Å². The number of methoxy groups -OCH3 is 2. The molecule has 0 saturated heterocycles. The number of nitrogens with two attached hydrogens (primary N) is 1. The predicted octanol–water partition coefficient (Wildman–Crippen LogP) is 3.70. The molecule has 226 valence electrons. The molecule has 0 radical (unpaired) electrons. The first-order valence-electron chi connectivity index (χ1n) is 12.8. The number of carbonyl (C=O) groups excluding carboxylic acids is 2. The fourth-order valence-electron chi connectivity index (χ4n) is 4.83. The van der Waals surface area contributed by atoms with Crippen molar-refractivity contribution in [2.45, 2.75) is 24.1 Å². The molecule has 14 heteroatoms. The van der Waals surface area contributed by atoms with E-state index >= 15 is 0 Å². The Hall–Kier alpha value is -4.85. The van der Waals surface area contributed by atoms with Gasteiger partial charge in [-0.2, -0.15) is 13.2 Å². The van der Waals surface area contributed by atoms with Gasteiger partial charge in [0.2, 0.25) is 11.5 Å². The number of halogens is 4. The van der Waals surface area contributed by atoms with Crippen LogP contribution < -0.4 is 25.3 Å². The quantitative estimate of drug-likeness (QED) is 0.225. The third kappa shape index (κ3) is 4.96. The summed E-state index contributed by atoms with van der Waals surface area (Å²) in [5.41, 5.74) is -0.415. The topological polar surface area (TPSA) is 149 Å². The molecular weight excluding hydrogens is 576 g/mol. The van der Waals surface area contributed by atoms with Gasteiger partial charge in [0, 0.05) is 28.6 Å². The Labute approximate surface area is 241 Å². The summed E-state index contributed by atoms with van der Waals surface area (Å²) in [6.07, 6.45) is -5.36. The maximum Gasteiger partial charge on any atom is 0.424 e. The Morgan fingerprint density at radius 2 is 1.84 bits per heavy atom. The average molecular weight is 603 g/mol. The number of aliphatic hydroxyl groups is 1. The second kappa shape index (κ2) is 10.5. The standard InChI is InChI=1S/C29H26F4N4O6/c1-27(26(34)39)13-43-24-18(27)11-22(37-23(24)14-4-6-15(30)7-5-14)28(40,29(31,32)33)12-35-25(38)20-10-17-19(36-20)8-16(41-2)9-21(17)42-3/h4-11,36,40H,12-13H2,1-3H3,(H2,34,39)(H,35,38)/t27-,28-/m0/s1. The lowest BCUT2D eigenvalue weighted by molar-refractivity contribution is -0.265. The molecule has 43 heavy (non-hydrogen) atoms. The van der Waals surface area contributed by atoms with Crippen LogP contribution in [-0.2, 0) is 15.8 Å². The van der Waals surface area contributed by atoms with Crippen LogP contribution in [0.1, 0.15) is 28.7 Å². The molecule has 0 unspecified atom stereocenters. The fourth-order valence-corrected chi connectivity index (χ4v) is 4.83. The summed E-state index contributed by atoms with van der Waals surface area (Å²) in [5.74, 6) is -1.73. The van der Waals surface area contributed by atoms with Gasteiger partial charge in [-0.05, 0) is 43.3 Å². The van der Waals surface area contributed by atoms with Crippen LogP contribution in [0.25, 0.3) is 22.2 Å². The molecule has 5 rings (SSSR count). The second-order valence-corrected chi connectivity index (χ2v) is 10.2. The van der Waals surface area contributed by atoms with E-state index in [1.54, 1.807) is 12.1 Å². The molecule has 4 aromatic rings. The number of fused-ring (bicyclic) bond motifs is 2. The van der Waals surface area contributed by atoms with Gasteiger partial charge in [-0.3, -0.25) is 9.59 Å². The zero-order chi connectivity index (χ0) is 31.3. The van der Waals surface area contributed by atoms with Gasteiger partial charge in [0.15, 0.2) is 0 Å². The van der Waals surface area contributed by atoms with E-state index in [-0.39, 0.29) is 34.9 Å². The lowest BCUT2D eigenvalue weighted by atomic mass is 9.81.